The highest BCUT2D eigenvalue weighted by molar-refractivity contribution is 6.39. The summed E-state index contributed by atoms with van der Waals surface area (Å²) in [6.45, 7) is -0.643. The molecule has 2 aliphatic heterocycles. The molecular weight excluding hydrogens is 438 g/mol. The molecule has 2 atom stereocenters. The van der Waals surface area contributed by atoms with Crippen LogP contribution >= 0.6 is 0 Å². The number of carbonyl (C=O) groups is 3. The van der Waals surface area contributed by atoms with Gasteiger partial charge >= 0.3 is 5.97 Å². The molecule has 168 valence electrons. The van der Waals surface area contributed by atoms with Crippen molar-refractivity contribution < 1.29 is 29.7 Å². The third-order valence-electron chi connectivity index (χ3n) is 7.27. The van der Waals surface area contributed by atoms with Gasteiger partial charge in [0.25, 0.3) is 11.8 Å². The van der Waals surface area contributed by atoms with Crippen molar-refractivity contribution in [3.63, 3.8) is 0 Å². The molecule has 4 N–H and O–H groups in total. The SMILES string of the molecule is O=C1NC(=O)c2c1c1c3ccccc3n3c1c1c2c2ccccc2n1CC(O)(C(=O)O)C(O)C3. The summed E-state index contributed by atoms with van der Waals surface area (Å²) in [6.07, 6.45) is -1.64. The number of hydrogen-bond donors (Lipinski definition) is 4. The summed E-state index contributed by atoms with van der Waals surface area (Å²) in [4.78, 5) is 38.3. The molecule has 2 amide bonds. The fourth-order valence-electron chi connectivity index (χ4n) is 5.77. The fraction of sp³-hybridized carbons (Fsp3) is 0.160. The summed E-state index contributed by atoms with van der Waals surface area (Å²) in [7, 11) is 0. The van der Waals surface area contributed by atoms with Crippen LogP contribution in [0, 0.1) is 0 Å². The number of para-hydroxylation sites is 2. The van der Waals surface area contributed by atoms with E-state index in [4.69, 9.17) is 0 Å². The van der Waals surface area contributed by atoms with E-state index in [1.54, 1.807) is 39.5 Å². The van der Waals surface area contributed by atoms with Gasteiger partial charge in [0.1, 0.15) is 6.10 Å². The van der Waals surface area contributed by atoms with Crippen LogP contribution in [0.5, 0.6) is 0 Å². The zero-order chi connectivity index (χ0) is 23.5. The molecule has 9 heteroatoms. The number of carbonyl (C=O) groups excluding carboxylic acids is 2. The highest BCUT2D eigenvalue weighted by Gasteiger charge is 2.47. The van der Waals surface area contributed by atoms with Crippen molar-refractivity contribution in [3.05, 3.63) is 59.7 Å². The third-order valence-corrected chi connectivity index (χ3v) is 7.27. The first-order valence-corrected chi connectivity index (χ1v) is 10.8. The van der Waals surface area contributed by atoms with E-state index in [1.807, 2.05) is 18.2 Å². The molecule has 7 rings (SSSR count). The number of nitrogens with zero attached hydrogens (tertiary/aromatic N) is 2. The second-order valence-electron chi connectivity index (χ2n) is 8.96. The molecule has 2 aliphatic rings. The molecule has 2 unspecified atom stereocenters. The van der Waals surface area contributed by atoms with Crippen LogP contribution in [0.1, 0.15) is 20.7 Å². The smallest absolute Gasteiger partial charge is 0.340 e. The van der Waals surface area contributed by atoms with Gasteiger partial charge in [0.2, 0.25) is 5.60 Å². The molecule has 2 aromatic heterocycles. The Labute approximate surface area is 190 Å². The van der Waals surface area contributed by atoms with Gasteiger partial charge in [-0.15, -0.1) is 0 Å². The number of aromatic nitrogens is 2. The van der Waals surface area contributed by atoms with Gasteiger partial charge in [-0.1, -0.05) is 36.4 Å². The van der Waals surface area contributed by atoms with E-state index >= 15 is 0 Å². The van der Waals surface area contributed by atoms with Gasteiger partial charge in [0.15, 0.2) is 0 Å². The van der Waals surface area contributed by atoms with E-state index in [2.05, 4.69) is 5.32 Å². The summed E-state index contributed by atoms with van der Waals surface area (Å²) < 4.78 is 3.39. The molecule has 0 bridgehead atoms. The van der Waals surface area contributed by atoms with Crippen molar-refractivity contribution in [2.75, 3.05) is 0 Å². The second-order valence-corrected chi connectivity index (χ2v) is 8.96. The van der Waals surface area contributed by atoms with Gasteiger partial charge in [0.05, 0.1) is 35.2 Å². The van der Waals surface area contributed by atoms with Crippen LogP contribution in [0.3, 0.4) is 0 Å². The molecule has 0 saturated heterocycles. The Bertz CT molecular complexity index is 1800. The van der Waals surface area contributed by atoms with E-state index in [0.717, 1.165) is 0 Å². The molecule has 5 aromatic rings. The lowest BCUT2D eigenvalue weighted by molar-refractivity contribution is -0.175. The molecule has 0 spiro atoms. The van der Waals surface area contributed by atoms with Crippen molar-refractivity contribution in [2.24, 2.45) is 0 Å². The van der Waals surface area contributed by atoms with Gasteiger partial charge in [-0.3, -0.25) is 14.9 Å². The molecule has 4 heterocycles. The van der Waals surface area contributed by atoms with E-state index in [9.17, 15) is 29.7 Å². The summed E-state index contributed by atoms with van der Waals surface area (Å²) in [5.74, 6) is -2.56. The average Bonchev–Trinajstić information content (AvgIpc) is 3.41. The van der Waals surface area contributed by atoms with Crippen molar-refractivity contribution in [2.45, 2.75) is 24.8 Å². The maximum Gasteiger partial charge on any atom is 0.340 e. The Hall–Kier alpha value is -4.21. The number of carboxylic acids is 1. The first-order valence-electron chi connectivity index (χ1n) is 10.8. The quantitative estimate of drug-likeness (QED) is 0.286. The number of aliphatic hydroxyl groups excluding tert-OH is 1. The maximum absolute atomic E-state index is 13.1. The van der Waals surface area contributed by atoms with Crippen molar-refractivity contribution in [3.8, 4) is 0 Å². The van der Waals surface area contributed by atoms with Gasteiger partial charge in [-0.2, -0.15) is 0 Å². The zero-order valence-electron chi connectivity index (χ0n) is 17.6. The van der Waals surface area contributed by atoms with Crippen molar-refractivity contribution >= 4 is 61.4 Å². The molecule has 0 aliphatic carbocycles. The van der Waals surface area contributed by atoms with Crippen LogP contribution in [0.25, 0.3) is 43.6 Å². The summed E-state index contributed by atoms with van der Waals surface area (Å²) >= 11 is 0. The largest absolute Gasteiger partial charge is 0.479 e. The first-order chi connectivity index (χ1) is 16.3. The zero-order valence-corrected chi connectivity index (χ0v) is 17.6. The number of aliphatic carboxylic acids is 1. The number of imide groups is 1. The number of fused-ring (bicyclic) bond motifs is 9. The normalized spacial score (nSPS) is 22.0. The average molecular weight is 455 g/mol. The minimum absolute atomic E-state index is 0.211. The number of nitrogens with one attached hydrogen (secondary N) is 1. The van der Waals surface area contributed by atoms with Crippen LogP contribution in [0.2, 0.25) is 0 Å². The van der Waals surface area contributed by atoms with Crippen molar-refractivity contribution in [1.82, 2.24) is 14.5 Å². The molecule has 34 heavy (non-hydrogen) atoms. The summed E-state index contributed by atoms with van der Waals surface area (Å²) in [6, 6.07) is 14.4. The maximum atomic E-state index is 13.1. The topological polar surface area (TPSA) is 134 Å². The lowest BCUT2D eigenvalue weighted by atomic mass is 9.94. The van der Waals surface area contributed by atoms with Crippen LogP contribution in [-0.2, 0) is 17.9 Å². The van der Waals surface area contributed by atoms with Crippen LogP contribution in [-0.4, -0.2) is 53.9 Å². The fourth-order valence-corrected chi connectivity index (χ4v) is 5.77. The van der Waals surface area contributed by atoms with Crippen LogP contribution in [0.4, 0.5) is 0 Å². The predicted octanol–water partition coefficient (Wildman–Crippen LogP) is 1.98. The minimum Gasteiger partial charge on any atom is -0.479 e. The monoisotopic (exact) mass is 455 g/mol. The highest BCUT2D eigenvalue weighted by atomic mass is 16.4. The molecule has 9 nitrogen and oxygen atoms in total. The number of carboxylic acid groups (broad SMARTS) is 1. The number of hydrogen-bond acceptors (Lipinski definition) is 5. The number of amides is 2. The Morgan fingerprint density at radius 1 is 0.882 bits per heavy atom. The van der Waals surface area contributed by atoms with Crippen LogP contribution in [0.15, 0.2) is 48.5 Å². The van der Waals surface area contributed by atoms with Crippen molar-refractivity contribution in [1.29, 1.82) is 0 Å². The molecule has 3 aromatic carbocycles. The summed E-state index contributed by atoms with van der Waals surface area (Å²) in [5, 5.41) is 37.0. The van der Waals surface area contributed by atoms with E-state index in [-0.39, 0.29) is 17.7 Å². The predicted molar refractivity (Wildman–Crippen MR) is 123 cm³/mol. The second kappa shape index (κ2) is 6.02. The Morgan fingerprint density at radius 3 is 1.94 bits per heavy atom. The van der Waals surface area contributed by atoms with E-state index in [0.29, 0.717) is 43.6 Å². The van der Waals surface area contributed by atoms with E-state index in [1.165, 1.54) is 0 Å². The third kappa shape index (κ3) is 2.04. The Balaban J connectivity index is 1.86. The van der Waals surface area contributed by atoms with Gasteiger partial charge in [-0.05, 0) is 12.1 Å². The lowest BCUT2D eigenvalue weighted by Gasteiger charge is -2.32. The van der Waals surface area contributed by atoms with Crippen LogP contribution < -0.4 is 5.32 Å². The minimum atomic E-state index is -2.48. The van der Waals surface area contributed by atoms with Gasteiger partial charge < -0.3 is 24.5 Å². The standard InChI is InChI=1S/C25H17N3O6/c29-15-9-27-13-7-3-1-5-11(13)16-18-19(23(31)26-22(18)30)17-12-6-2-4-8-14(12)28(21(17)20(16)27)10-25(15,34)24(32)33/h1-8,15,29,34H,9-10H2,(H,32,33)(H,26,30,31). The molecule has 0 radical (unpaired) electrons. The molecule has 0 fully saturated rings. The highest BCUT2D eigenvalue weighted by Crippen LogP contribution is 2.46. The van der Waals surface area contributed by atoms with Gasteiger partial charge in [0, 0.05) is 32.6 Å². The van der Waals surface area contributed by atoms with Gasteiger partial charge in [-0.25, -0.2) is 4.79 Å². The number of benzene rings is 3. The Kier molecular flexibility index (Phi) is 3.41. The molecule has 0 saturated carbocycles. The lowest BCUT2D eigenvalue weighted by Crippen LogP contribution is -2.54. The molecular formula is C25H17N3O6. The first kappa shape index (κ1) is 19.3. The summed E-state index contributed by atoms with van der Waals surface area (Å²) in [5.41, 5.74) is 0.431. The van der Waals surface area contributed by atoms with E-state index < -0.39 is 36.0 Å². The number of aliphatic hydroxyl groups is 2. The Morgan fingerprint density at radius 2 is 1.38 bits per heavy atom. The number of rotatable bonds is 1.